The minimum Gasteiger partial charge on any atom is -0.323 e. The summed E-state index contributed by atoms with van der Waals surface area (Å²) in [5.41, 5.74) is 3.39. The van der Waals surface area contributed by atoms with Gasteiger partial charge < -0.3 is 10.6 Å². The van der Waals surface area contributed by atoms with Crippen LogP contribution in [0.5, 0.6) is 0 Å². The van der Waals surface area contributed by atoms with E-state index >= 15 is 0 Å². The second-order valence-electron chi connectivity index (χ2n) is 11.4. The molecule has 0 aliphatic heterocycles. The molecule has 0 spiro atoms. The Hall–Kier alpha value is -6.32. The molecule has 0 heterocycles. The molecular formula is C39H32N4O8S2. The fraction of sp³-hybridized carbons (Fsp3) is 0.0256. The average molecular weight is 749 g/mol. The summed E-state index contributed by atoms with van der Waals surface area (Å²) in [4.78, 5) is 23.7. The standard InChI is InChI=1S/C39H32N4O8S2/c1-27-24-32(40-38(44)22-12-28-8-4-2-5-9-28)20-21-35(27)43-42-34-19-17-31(37(26-34)53(49,50)51)15-14-30-16-18-33(25-36(30)52(46,47)48)41-39(45)23-13-29-10-6-3-7-11-29/h2-26H,1H3,(H,40,44)(H,41,45)(H,46,47,48)(H,49,50,51)/b15-14?,22-12+,23-13+,43-42?. The molecule has 2 amide bonds. The Morgan fingerprint density at radius 1 is 0.566 bits per heavy atom. The first kappa shape index (κ1) is 37.9. The minimum atomic E-state index is -4.80. The summed E-state index contributed by atoms with van der Waals surface area (Å²) in [6.45, 7) is 1.76. The van der Waals surface area contributed by atoms with Gasteiger partial charge in [-0.05, 0) is 89.4 Å². The topological polar surface area (TPSA) is 192 Å². The van der Waals surface area contributed by atoms with Crippen molar-refractivity contribution in [1.82, 2.24) is 0 Å². The van der Waals surface area contributed by atoms with Crippen LogP contribution >= 0.6 is 0 Å². The molecule has 0 bridgehead atoms. The fourth-order valence-corrected chi connectivity index (χ4v) is 6.31. The Morgan fingerprint density at radius 2 is 1.04 bits per heavy atom. The highest BCUT2D eigenvalue weighted by molar-refractivity contribution is 7.86. The normalized spacial score (nSPS) is 12.2. The van der Waals surface area contributed by atoms with Crippen molar-refractivity contribution in [2.75, 3.05) is 10.6 Å². The molecule has 0 aliphatic rings. The minimum absolute atomic E-state index is 0.0197. The van der Waals surface area contributed by atoms with Gasteiger partial charge in [-0.25, -0.2) is 0 Å². The summed E-state index contributed by atoms with van der Waals surface area (Å²) in [6.07, 6.45) is 8.42. The van der Waals surface area contributed by atoms with Crippen LogP contribution in [-0.2, 0) is 29.8 Å². The number of rotatable bonds is 12. The van der Waals surface area contributed by atoms with E-state index in [2.05, 4.69) is 20.9 Å². The van der Waals surface area contributed by atoms with Crippen molar-refractivity contribution in [3.63, 3.8) is 0 Å². The number of azo groups is 1. The van der Waals surface area contributed by atoms with Crippen LogP contribution in [0.25, 0.3) is 24.3 Å². The number of carbonyl (C=O) groups excluding carboxylic acids is 2. The van der Waals surface area contributed by atoms with Crippen LogP contribution in [0.4, 0.5) is 22.7 Å². The van der Waals surface area contributed by atoms with E-state index in [1.54, 1.807) is 61.5 Å². The van der Waals surface area contributed by atoms with Crippen LogP contribution in [0.2, 0.25) is 0 Å². The van der Waals surface area contributed by atoms with Gasteiger partial charge in [-0.1, -0.05) is 84.9 Å². The molecule has 0 fully saturated rings. The van der Waals surface area contributed by atoms with E-state index in [1.165, 1.54) is 48.6 Å². The third-order valence-corrected chi connectivity index (χ3v) is 9.29. The summed E-state index contributed by atoms with van der Waals surface area (Å²) < 4.78 is 69.1. The fourth-order valence-electron chi connectivity index (χ4n) is 4.90. The van der Waals surface area contributed by atoms with Crippen molar-refractivity contribution >= 4 is 79.1 Å². The molecule has 12 nitrogen and oxygen atoms in total. The lowest BCUT2D eigenvalue weighted by Crippen LogP contribution is -2.09. The lowest BCUT2D eigenvalue weighted by atomic mass is 10.1. The molecular weight excluding hydrogens is 717 g/mol. The van der Waals surface area contributed by atoms with Gasteiger partial charge in [-0.3, -0.25) is 18.7 Å². The number of hydrogen-bond acceptors (Lipinski definition) is 8. The predicted molar refractivity (Wildman–Crippen MR) is 205 cm³/mol. The van der Waals surface area contributed by atoms with Crippen LogP contribution in [0.3, 0.4) is 0 Å². The van der Waals surface area contributed by atoms with Crippen molar-refractivity contribution < 1.29 is 35.5 Å². The van der Waals surface area contributed by atoms with Crippen molar-refractivity contribution in [2.24, 2.45) is 10.2 Å². The molecule has 268 valence electrons. The number of nitrogens with zero attached hydrogens (tertiary/aromatic N) is 2. The first-order chi connectivity index (χ1) is 25.2. The second kappa shape index (κ2) is 16.8. The summed E-state index contributed by atoms with van der Waals surface area (Å²) in [7, 11) is -9.59. The van der Waals surface area contributed by atoms with Crippen LogP contribution in [0.15, 0.2) is 147 Å². The molecule has 5 aromatic carbocycles. The number of aryl methyl sites for hydroxylation is 1. The Morgan fingerprint density at radius 3 is 1.55 bits per heavy atom. The van der Waals surface area contributed by atoms with Crippen molar-refractivity contribution in [3.8, 4) is 0 Å². The summed E-state index contributed by atoms with van der Waals surface area (Å²) in [5.74, 6) is -0.867. The molecule has 0 unspecified atom stereocenters. The van der Waals surface area contributed by atoms with Gasteiger partial charge >= 0.3 is 0 Å². The van der Waals surface area contributed by atoms with E-state index in [4.69, 9.17) is 0 Å². The smallest absolute Gasteiger partial charge is 0.295 e. The van der Waals surface area contributed by atoms with Crippen LogP contribution in [-0.4, -0.2) is 37.8 Å². The maximum absolute atomic E-state index is 12.4. The molecule has 0 radical (unpaired) electrons. The Kier molecular flexibility index (Phi) is 12.0. The van der Waals surface area contributed by atoms with E-state index in [1.807, 2.05) is 36.4 Å². The maximum Gasteiger partial charge on any atom is 0.295 e. The zero-order chi connectivity index (χ0) is 38.0. The van der Waals surface area contributed by atoms with E-state index in [0.29, 0.717) is 16.9 Å². The largest absolute Gasteiger partial charge is 0.323 e. The first-order valence-corrected chi connectivity index (χ1v) is 18.6. The van der Waals surface area contributed by atoms with Gasteiger partial charge in [0.2, 0.25) is 11.8 Å². The van der Waals surface area contributed by atoms with Crippen LogP contribution in [0.1, 0.15) is 27.8 Å². The summed E-state index contributed by atoms with van der Waals surface area (Å²) in [6, 6.07) is 31.0. The first-order valence-electron chi connectivity index (χ1n) is 15.8. The third-order valence-electron chi connectivity index (χ3n) is 7.47. The van der Waals surface area contributed by atoms with Crippen molar-refractivity contribution in [3.05, 3.63) is 155 Å². The van der Waals surface area contributed by atoms with E-state index in [-0.39, 0.29) is 28.4 Å². The number of nitrogens with one attached hydrogen (secondary N) is 2. The molecule has 0 atom stereocenters. The molecule has 4 N–H and O–H groups in total. The number of anilines is 2. The zero-order valence-electron chi connectivity index (χ0n) is 28.0. The third kappa shape index (κ3) is 11.1. The summed E-state index contributed by atoms with van der Waals surface area (Å²) >= 11 is 0. The summed E-state index contributed by atoms with van der Waals surface area (Å²) in [5, 5.41) is 13.6. The number of carbonyl (C=O) groups is 2. The van der Waals surface area contributed by atoms with Crippen LogP contribution < -0.4 is 10.6 Å². The highest BCUT2D eigenvalue weighted by atomic mass is 32.2. The van der Waals surface area contributed by atoms with Gasteiger partial charge in [-0.2, -0.15) is 27.1 Å². The molecule has 5 aromatic rings. The van der Waals surface area contributed by atoms with Gasteiger partial charge in [0.25, 0.3) is 20.2 Å². The van der Waals surface area contributed by atoms with Crippen molar-refractivity contribution in [1.29, 1.82) is 0 Å². The van der Waals surface area contributed by atoms with Crippen LogP contribution in [0, 0.1) is 6.92 Å². The monoisotopic (exact) mass is 748 g/mol. The molecule has 0 aliphatic carbocycles. The Bertz CT molecular complexity index is 2500. The predicted octanol–water partition coefficient (Wildman–Crippen LogP) is 8.38. The quantitative estimate of drug-likeness (QED) is 0.0423. The van der Waals surface area contributed by atoms with E-state index < -0.39 is 35.9 Å². The number of hydrogen-bond donors (Lipinski definition) is 4. The van der Waals surface area contributed by atoms with Gasteiger partial charge in [0, 0.05) is 23.5 Å². The van der Waals surface area contributed by atoms with E-state index in [9.17, 15) is 35.5 Å². The van der Waals surface area contributed by atoms with Gasteiger partial charge in [0.1, 0.15) is 9.79 Å². The lowest BCUT2D eigenvalue weighted by molar-refractivity contribution is -0.112. The Labute approximate surface area is 306 Å². The molecule has 0 saturated carbocycles. The van der Waals surface area contributed by atoms with Gasteiger partial charge in [0.05, 0.1) is 11.4 Å². The number of benzene rings is 5. The highest BCUT2D eigenvalue weighted by Gasteiger charge is 2.18. The zero-order valence-corrected chi connectivity index (χ0v) is 29.6. The average Bonchev–Trinajstić information content (AvgIpc) is 3.12. The second-order valence-corrected chi connectivity index (χ2v) is 14.2. The molecule has 53 heavy (non-hydrogen) atoms. The van der Waals surface area contributed by atoms with Gasteiger partial charge in [-0.15, -0.1) is 0 Å². The molecule has 5 rings (SSSR count). The molecule has 14 heteroatoms. The van der Waals surface area contributed by atoms with Gasteiger partial charge in [0.15, 0.2) is 0 Å². The highest BCUT2D eigenvalue weighted by Crippen LogP contribution is 2.29. The maximum atomic E-state index is 12.4. The molecule has 0 saturated heterocycles. The molecule has 0 aromatic heterocycles. The SMILES string of the molecule is Cc1cc(NC(=O)/C=C/c2ccccc2)ccc1N=Nc1ccc(C=Cc2ccc(NC(=O)/C=C/c3ccccc3)cc2S(=O)(=O)O)c(S(=O)(=O)O)c1. The van der Waals surface area contributed by atoms with Crippen molar-refractivity contribution in [2.45, 2.75) is 16.7 Å². The number of amides is 2. The lowest BCUT2D eigenvalue weighted by Gasteiger charge is -2.09. The van der Waals surface area contributed by atoms with E-state index in [0.717, 1.165) is 23.3 Å². The Balaban J connectivity index is 1.32.